The zero-order valence-corrected chi connectivity index (χ0v) is 14.7. The van der Waals surface area contributed by atoms with Gasteiger partial charge in [-0.3, -0.25) is 4.79 Å². The largest absolute Gasteiger partial charge is 0.496 e. The minimum Gasteiger partial charge on any atom is -0.496 e. The Morgan fingerprint density at radius 3 is 2.67 bits per heavy atom. The smallest absolute Gasteiger partial charge is 0.348 e. The van der Waals surface area contributed by atoms with E-state index in [1.807, 2.05) is 6.07 Å². The number of Topliss-reactive ketones (excluding diaryl/α,β-unsaturated/α-hetero) is 1. The zero-order chi connectivity index (χ0) is 17.1. The van der Waals surface area contributed by atoms with E-state index in [-0.39, 0.29) is 18.4 Å². The molecule has 0 saturated carbocycles. The number of ketones is 1. The van der Waals surface area contributed by atoms with E-state index in [4.69, 9.17) is 9.47 Å². The molecule has 4 nitrogen and oxygen atoms in total. The molecule has 0 N–H and O–H groups in total. The number of hydrogen-bond donors (Lipinski definition) is 0. The molecule has 0 spiro atoms. The van der Waals surface area contributed by atoms with Crippen molar-refractivity contribution in [2.75, 3.05) is 7.11 Å². The number of fused-ring (bicyclic) bond motifs is 1. The highest BCUT2D eigenvalue weighted by Crippen LogP contribution is 2.30. The van der Waals surface area contributed by atoms with Gasteiger partial charge in [0, 0.05) is 16.0 Å². The van der Waals surface area contributed by atoms with Gasteiger partial charge in [0.2, 0.25) is 0 Å². The Kier molecular flexibility index (Phi) is 5.00. The Bertz CT molecular complexity index is 752. The van der Waals surface area contributed by atoms with E-state index >= 15 is 0 Å². The lowest BCUT2D eigenvalue weighted by Crippen LogP contribution is -2.05. The van der Waals surface area contributed by atoms with Crippen molar-refractivity contribution in [3.63, 3.8) is 0 Å². The van der Waals surface area contributed by atoms with Crippen molar-refractivity contribution in [3.8, 4) is 5.75 Å². The number of esters is 1. The number of benzene rings is 1. The second-order valence-corrected chi connectivity index (χ2v) is 7.06. The fraction of sp³-hybridized carbons (Fsp3) is 0.368. The van der Waals surface area contributed by atoms with Crippen molar-refractivity contribution >= 4 is 23.1 Å². The lowest BCUT2D eigenvalue weighted by atomic mass is 9.99. The molecule has 1 aromatic heterocycles. The molecule has 1 aliphatic rings. The van der Waals surface area contributed by atoms with Crippen LogP contribution in [-0.4, -0.2) is 18.9 Å². The normalized spacial score (nSPS) is 13.2. The van der Waals surface area contributed by atoms with Gasteiger partial charge in [0.25, 0.3) is 0 Å². The van der Waals surface area contributed by atoms with Crippen LogP contribution in [0.15, 0.2) is 24.3 Å². The second kappa shape index (κ2) is 7.18. The molecule has 0 bridgehead atoms. The molecular weight excluding hydrogens is 324 g/mol. The molecule has 0 unspecified atom stereocenters. The fourth-order valence-electron chi connectivity index (χ4n) is 2.92. The minimum atomic E-state index is -0.315. The average Bonchev–Trinajstić information content (AvgIpc) is 3.03. The second-order valence-electron chi connectivity index (χ2n) is 5.93. The molecule has 1 heterocycles. The summed E-state index contributed by atoms with van der Waals surface area (Å²) in [5, 5.41) is 0. The first-order valence-corrected chi connectivity index (χ1v) is 8.86. The van der Waals surface area contributed by atoms with Gasteiger partial charge in [0.05, 0.1) is 7.11 Å². The first kappa shape index (κ1) is 16.7. The Hall–Kier alpha value is -2.14. The lowest BCUT2D eigenvalue weighted by molar-refractivity contribution is 0.0476. The predicted octanol–water partition coefficient (Wildman–Crippen LogP) is 4.20. The molecular formula is C19H20O4S. The van der Waals surface area contributed by atoms with Crippen LogP contribution in [0.3, 0.4) is 0 Å². The number of carbonyl (C=O) groups excluding carboxylic acids is 2. The first-order chi connectivity index (χ1) is 11.6. The van der Waals surface area contributed by atoms with Crippen LogP contribution in [-0.2, 0) is 24.2 Å². The van der Waals surface area contributed by atoms with Crippen molar-refractivity contribution in [1.29, 1.82) is 0 Å². The van der Waals surface area contributed by atoms with Crippen LogP contribution in [0.5, 0.6) is 5.75 Å². The molecule has 0 aliphatic heterocycles. The third-order valence-corrected chi connectivity index (χ3v) is 5.46. The van der Waals surface area contributed by atoms with Gasteiger partial charge in [-0.15, -0.1) is 11.3 Å². The van der Waals surface area contributed by atoms with Crippen LogP contribution in [0.2, 0.25) is 0 Å². The first-order valence-electron chi connectivity index (χ1n) is 8.05. The third-order valence-electron chi connectivity index (χ3n) is 4.24. The number of thiophene rings is 1. The quantitative estimate of drug-likeness (QED) is 0.603. The highest BCUT2D eigenvalue weighted by Gasteiger charge is 2.19. The minimum absolute atomic E-state index is 0.0313. The van der Waals surface area contributed by atoms with Crippen LogP contribution in [0.4, 0.5) is 0 Å². The Morgan fingerprint density at radius 1 is 1.17 bits per heavy atom. The van der Waals surface area contributed by atoms with Crippen molar-refractivity contribution in [2.24, 2.45) is 0 Å². The maximum atomic E-state index is 12.3. The summed E-state index contributed by atoms with van der Waals surface area (Å²) in [6.45, 7) is 1.60. The van der Waals surface area contributed by atoms with Gasteiger partial charge in [0.15, 0.2) is 5.78 Å². The molecule has 3 rings (SSSR count). The summed E-state index contributed by atoms with van der Waals surface area (Å²) in [5.74, 6) is 0.263. The van der Waals surface area contributed by atoms with Crippen LogP contribution in [0, 0.1) is 0 Å². The van der Waals surface area contributed by atoms with E-state index in [9.17, 15) is 9.59 Å². The summed E-state index contributed by atoms with van der Waals surface area (Å²) in [4.78, 5) is 25.8. The molecule has 24 heavy (non-hydrogen) atoms. The molecule has 0 fully saturated rings. The zero-order valence-electron chi connectivity index (χ0n) is 13.9. The summed E-state index contributed by atoms with van der Waals surface area (Å²) in [6.07, 6.45) is 4.49. The van der Waals surface area contributed by atoms with Crippen molar-refractivity contribution in [3.05, 3.63) is 50.7 Å². The summed E-state index contributed by atoms with van der Waals surface area (Å²) in [7, 11) is 1.56. The van der Waals surface area contributed by atoms with Gasteiger partial charge in [-0.05, 0) is 62.4 Å². The van der Waals surface area contributed by atoms with E-state index in [1.54, 1.807) is 25.3 Å². The number of rotatable bonds is 5. The summed E-state index contributed by atoms with van der Waals surface area (Å²) >= 11 is 1.54. The fourth-order valence-corrected chi connectivity index (χ4v) is 4.06. The molecule has 0 atom stereocenters. The standard InChI is InChI=1S/C19H20O4S/c1-12(20)13-7-8-16(22-2)15(9-13)11-23-19(21)18-10-14-5-3-4-6-17(14)24-18/h7-10H,3-6,11H2,1-2H3. The number of hydrogen-bond acceptors (Lipinski definition) is 5. The maximum absolute atomic E-state index is 12.3. The molecule has 5 heteroatoms. The Morgan fingerprint density at radius 2 is 1.96 bits per heavy atom. The van der Waals surface area contributed by atoms with Gasteiger partial charge in [-0.2, -0.15) is 0 Å². The van der Waals surface area contributed by atoms with Crippen LogP contribution >= 0.6 is 11.3 Å². The molecule has 126 valence electrons. The highest BCUT2D eigenvalue weighted by molar-refractivity contribution is 7.14. The topological polar surface area (TPSA) is 52.6 Å². The Balaban J connectivity index is 1.73. The molecule has 1 aromatic carbocycles. The van der Waals surface area contributed by atoms with Gasteiger partial charge in [-0.1, -0.05) is 0 Å². The number of ether oxygens (including phenoxy) is 2. The molecule has 2 aromatic rings. The number of aryl methyl sites for hydroxylation is 2. The van der Waals surface area contributed by atoms with E-state index in [1.165, 1.54) is 41.5 Å². The van der Waals surface area contributed by atoms with E-state index in [0.29, 0.717) is 21.8 Å². The van der Waals surface area contributed by atoms with Crippen LogP contribution in [0.1, 0.15) is 55.8 Å². The highest BCUT2D eigenvalue weighted by atomic mass is 32.1. The summed E-state index contributed by atoms with van der Waals surface area (Å²) in [5.41, 5.74) is 2.56. The molecule has 0 saturated heterocycles. The van der Waals surface area contributed by atoms with E-state index < -0.39 is 0 Å². The van der Waals surface area contributed by atoms with Crippen molar-refractivity contribution < 1.29 is 19.1 Å². The van der Waals surface area contributed by atoms with Gasteiger partial charge < -0.3 is 9.47 Å². The van der Waals surface area contributed by atoms with Gasteiger partial charge in [-0.25, -0.2) is 4.79 Å². The molecule has 0 radical (unpaired) electrons. The Labute approximate surface area is 145 Å². The monoisotopic (exact) mass is 344 g/mol. The van der Waals surface area contributed by atoms with Gasteiger partial charge in [0.1, 0.15) is 17.2 Å². The number of methoxy groups -OCH3 is 1. The van der Waals surface area contributed by atoms with Crippen molar-refractivity contribution in [1.82, 2.24) is 0 Å². The molecule has 0 amide bonds. The summed E-state index contributed by atoms with van der Waals surface area (Å²) < 4.78 is 10.7. The van der Waals surface area contributed by atoms with Crippen LogP contribution in [0.25, 0.3) is 0 Å². The van der Waals surface area contributed by atoms with Crippen molar-refractivity contribution in [2.45, 2.75) is 39.2 Å². The number of carbonyl (C=O) groups is 2. The van der Waals surface area contributed by atoms with Gasteiger partial charge >= 0.3 is 5.97 Å². The molecule has 1 aliphatic carbocycles. The predicted molar refractivity (Wildman–Crippen MR) is 93.1 cm³/mol. The maximum Gasteiger partial charge on any atom is 0.348 e. The van der Waals surface area contributed by atoms with E-state index in [0.717, 1.165) is 12.8 Å². The summed E-state index contributed by atoms with van der Waals surface area (Å²) in [6, 6.07) is 7.11. The average molecular weight is 344 g/mol. The SMILES string of the molecule is COc1ccc(C(C)=O)cc1COC(=O)c1cc2c(s1)CCCC2. The van der Waals surface area contributed by atoms with E-state index in [2.05, 4.69) is 0 Å². The third kappa shape index (κ3) is 3.51. The lowest BCUT2D eigenvalue weighted by Gasteiger charge is -2.10. The van der Waals surface area contributed by atoms with Crippen LogP contribution < -0.4 is 4.74 Å².